The van der Waals surface area contributed by atoms with Gasteiger partial charge in [0, 0.05) is 24.5 Å². The summed E-state index contributed by atoms with van der Waals surface area (Å²) >= 11 is 0. The fraction of sp³-hybridized carbons (Fsp3) is 0.158. The van der Waals surface area contributed by atoms with Gasteiger partial charge in [-0.25, -0.2) is 4.98 Å². The third-order valence-electron chi connectivity index (χ3n) is 3.73. The monoisotopic (exact) mass is 351 g/mol. The molecule has 0 spiro atoms. The Morgan fingerprint density at radius 1 is 1.15 bits per heavy atom. The minimum Gasteiger partial charge on any atom is -0.480 e. The van der Waals surface area contributed by atoms with E-state index < -0.39 is 18.4 Å². The highest BCUT2D eigenvalue weighted by Crippen LogP contribution is 2.22. The molecule has 3 aromatic rings. The van der Waals surface area contributed by atoms with Gasteiger partial charge >= 0.3 is 5.97 Å². The number of rotatable bonds is 6. The molecule has 0 bridgehead atoms. The highest BCUT2D eigenvalue weighted by atomic mass is 16.4. The number of carbonyl (C=O) groups excluding carboxylic acids is 1. The van der Waals surface area contributed by atoms with E-state index in [1.54, 1.807) is 31.5 Å². The Kier molecular flexibility index (Phi) is 5.07. The Morgan fingerprint density at radius 2 is 1.92 bits per heavy atom. The molecule has 0 atom stereocenters. The highest BCUT2D eigenvalue weighted by Gasteiger charge is 2.25. The van der Waals surface area contributed by atoms with Gasteiger partial charge in [0.2, 0.25) is 5.89 Å². The Hall–Kier alpha value is -3.48. The van der Waals surface area contributed by atoms with Gasteiger partial charge in [-0.1, -0.05) is 24.3 Å². The summed E-state index contributed by atoms with van der Waals surface area (Å²) in [6, 6.07) is 12.7. The highest BCUT2D eigenvalue weighted by molar-refractivity contribution is 5.95. The number of aromatic nitrogens is 2. The smallest absolute Gasteiger partial charge is 0.323 e. The van der Waals surface area contributed by atoms with Crippen LogP contribution in [0.4, 0.5) is 0 Å². The van der Waals surface area contributed by atoms with Gasteiger partial charge in [-0.3, -0.25) is 14.6 Å². The Labute approximate surface area is 149 Å². The van der Waals surface area contributed by atoms with Crippen LogP contribution >= 0.6 is 0 Å². The van der Waals surface area contributed by atoms with Crippen LogP contribution in [0.1, 0.15) is 21.8 Å². The van der Waals surface area contributed by atoms with Gasteiger partial charge in [0.15, 0.2) is 5.69 Å². The van der Waals surface area contributed by atoms with E-state index in [-0.39, 0.29) is 12.2 Å². The fourth-order valence-electron chi connectivity index (χ4n) is 2.52. The molecule has 0 radical (unpaired) electrons. The molecule has 132 valence electrons. The molecule has 0 saturated heterocycles. The first-order chi connectivity index (χ1) is 12.5. The maximum atomic E-state index is 12.9. The van der Waals surface area contributed by atoms with E-state index >= 15 is 0 Å². The van der Waals surface area contributed by atoms with Crippen molar-refractivity contribution in [1.82, 2.24) is 14.9 Å². The molecule has 0 aliphatic carbocycles. The van der Waals surface area contributed by atoms with Crippen LogP contribution in [0.2, 0.25) is 0 Å². The summed E-state index contributed by atoms with van der Waals surface area (Å²) in [4.78, 5) is 33.5. The molecule has 1 aromatic carbocycles. The molecule has 0 aliphatic heterocycles. The summed E-state index contributed by atoms with van der Waals surface area (Å²) in [6.45, 7) is 1.31. The molecule has 3 rings (SSSR count). The van der Waals surface area contributed by atoms with Crippen LogP contribution in [0.25, 0.3) is 11.5 Å². The predicted octanol–water partition coefficient (Wildman–Crippen LogP) is 2.77. The molecule has 1 N–H and O–H groups in total. The second-order valence-corrected chi connectivity index (χ2v) is 5.71. The Bertz CT molecular complexity index is 907. The topological polar surface area (TPSA) is 96.5 Å². The zero-order valence-corrected chi connectivity index (χ0v) is 14.1. The van der Waals surface area contributed by atoms with Crippen LogP contribution in [-0.4, -0.2) is 38.4 Å². The van der Waals surface area contributed by atoms with Crippen molar-refractivity contribution < 1.29 is 19.1 Å². The third kappa shape index (κ3) is 3.94. The molecular weight excluding hydrogens is 334 g/mol. The Morgan fingerprint density at radius 3 is 2.58 bits per heavy atom. The number of oxazole rings is 1. The lowest BCUT2D eigenvalue weighted by Gasteiger charge is -2.19. The zero-order valence-electron chi connectivity index (χ0n) is 14.1. The lowest BCUT2D eigenvalue weighted by molar-refractivity contribution is -0.137. The second-order valence-electron chi connectivity index (χ2n) is 5.71. The first kappa shape index (κ1) is 17.3. The number of pyridine rings is 1. The van der Waals surface area contributed by atoms with Gasteiger partial charge in [-0.2, -0.15) is 0 Å². The molecule has 2 aromatic heterocycles. The van der Waals surface area contributed by atoms with Crippen molar-refractivity contribution in [3.05, 3.63) is 71.9 Å². The number of aryl methyl sites for hydroxylation is 1. The quantitative estimate of drug-likeness (QED) is 0.733. The standard InChI is InChI=1S/C19H17N3O4/c1-13-17(21-18(26-13)15-7-3-2-4-8-15)19(25)22(12-16(23)24)11-14-6-5-9-20-10-14/h2-10H,11-12H2,1H3,(H,23,24). The van der Waals surface area contributed by atoms with Crippen molar-refractivity contribution in [1.29, 1.82) is 0 Å². The van der Waals surface area contributed by atoms with E-state index in [9.17, 15) is 9.59 Å². The summed E-state index contributed by atoms with van der Waals surface area (Å²) in [5, 5.41) is 9.16. The first-order valence-corrected chi connectivity index (χ1v) is 7.97. The molecule has 0 fully saturated rings. The van der Waals surface area contributed by atoms with E-state index in [0.29, 0.717) is 11.7 Å². The van der Waals surface area contributed by atoms with Gasteiger partial charge in [0.25, 0.3) is 5.91 Å². The number of nitrogens with zero attached hydrogens (tertiary/aromatic N) is 3. The minimum absolute atomic E-state index is 0.106. The van der Waals surface area contributed by atoms with Gasteiger partial charge in [-0.05, 0) is 30.7 Å². The van der Waals surface area contributed by atoms with Crippen LogP contribution in [0.5, 0.6) is 0 Å². The third-order valence-corrected chi connectivity index (χ3v) is 3.73. The normalized spacial score (nSPS) is 10.5. The molecule has 0 saturated carbocycles. The van der Waals surface area contributed by atoms with Gasteiger partial charge in [-0.15, -0.1) is 0 Å². The van der Waals surface area contributed by atoms with Crippen molar-refractivity contribution in [3.8, 4) is 11.5 Å². The van der Waals surface area contributed by atoms with Crippen LogP contribution in [0, 0.1) is 6.92 Å². The number of amides is 1. The van der Waals surface area contributed by atoms with E-state index in [4.69, 9.17) is 9.52 Å². The maximum Gasteiger partial charge on any atom is 0.323 e. The van der Waals surface area contributed by atoms with Crippen molar-refractivity contribution >= 4 is 11.9 Å². The first-order valence-electron chi connectivity index (χ1n) is 7.97. The number of carbonyl (C=O) groups is 2. The summed E-state index contributed by atoms with van der Waals surface area (Å²) < 4.78 is 5.61. The van der Waals surface area contributed by atoms with E-state index in [1.165, 1.54) is 4.90 Å². The number of carboxylic acids is 1. The SMILES string of the molecule is Cc1oc(-c2ccccc2)nc1C(=O)N(CC(=O)O)Cc1cccnc1. The lowest BCUT2D eigenvalue weighted by atomic mass is 10.2. The number of benzene rings is 1. The van der Waals surface area contributed by atoms with Gasteiger partial charge in [0.1, 0.15) is 12.3 Å². The fourth-order valence-corrected chi connectivity index (χ4v) is 2.52. The second kappa shape index (κ2) is 7.60. The maximum absolute atomic E-state index is 12.9. The number of carboxylic acid groups (broad SMARTS) is 1. The molecule has 1 amide bonds. The number of aliphatic carboxylic acids is 1. The van der Waals surface area contributed by atoms with Gasteiger partial charge < -0.3 is 14.4 Å². The molecule has 0 aliphatic rings. The van der Waals surface area contributed by atoms with Crippen molar-refractivity contribution in [2.24, 2.45) is 0 Å². The van der Waals surface area contributed by atoms with Crippen molar-refractivity contribution in [2.75, 3.05) is 6.54 Å². The van der Waals surface area contributed by atoms with Crippen LogP contribution in [-0.2, 0) is 11.3 Å². The summed E-state index contributed by atoms with van der Waals surface area (Å²) in [6.07, 6.45) is 3.20. The molecule has 0 unspecified atom stereocenters. The average Bonchev–Trinajstić information content (AvgIpc) is 3.03. The lowest BCUT2D eigenvalue weighted by Crippen LogP contribution is -2.35. The van der Waals surface area contributed by atoms with E-state index in [1.807, 2.05) is 30.3 Å². The summed E-state index contributed by atoms with van der Waals surface area (Å²) in [5.41, 5.74) is 1.58. The molecule has 7 nitrogen and oxygen atoms in total. The largest absolute Gasteiger partial charge is 0.480 e. The number of hydrogen-bond donors (Lipinski definition) is 1. The summed E-state index contributed by atoms with van der Waals surface area (Å²) in [7, 11) is 0. The predicted molar refractivity (Wildman–Crippen MR) is 93.3 cm³/mol. The molecule has 7 heteroatoms. The van der Waals surface area contributed by atoms with E-state index in [0.717, 1.165) is 11.1 Å². The molecular formula is C19H17N3O4. The van der Waals surface area contributed by atoms with Crippen LogP contribution < -0.4 is 0 Å². The van der Waals surface area contributed by atoms with Crippen molar-refractivity contribution in [2.45, 2.75) is 13.5 Å². The van der Waals surface area contributed by atoms with E-state index in [2.05, 4.69) is 9.97 Å². The average molecular weight is 351 g/mol. The van der Waals surface area contributed by atoms with Crippen LogP contribution in [0.15, 0.2) is 59.3 Å². The molecule has 26 heavy (non-hydrogen) atoms. The van der Waals surface area contributed by atoms with Gasteiger partial charge in [0.05, 0.1) is 0 Å². The van der Waals surface area contributed by atoms with Crippen LogP contribution in [0.3, 0.4) is 0 Å². The molecule has 2 heterocycles. The zero-order chi connectivity index (χ0) is 18.5. The minimum atomic E-state index is -1.10. The summed E-state index contributed by atoms with van der Waals surface area (Å²) in [5.74, 6) is -0.940. The Balaban J connectivity index is 1.89. The van der Waals surface area contributed by atoms with Crippen molar-refractivity contribution in [3.63, 3.8) is 0 Å². The number of hydrogen-bond acceptors (Lipinski definition) is 5.